The Balaban J connectivity index is 2.11. The van der Waals surface area contributed by atoms with Gasteiger partial charge in [-0.15, -0.1) is 11.6 Å². The lowest BCUT2D eigenvalue weighted by molar-refractivity contribution is 0.151. The van der Waals surface area contributed by atoms with Gasteiger partial charge < -0.3 is 9.47 Å². The second-order valence-electron chi connectivity index (χ2n) is 5.48. The summed E-state index contributed by atoms with van der Waals surface area (Å²) in [5.74, 6) is 1.69. The molecule has 1 aromatic rings. The molecular formula is C15H21ClO4S. The Bertz CT molecular complexity index is 585. The number of hydrogen-bond acceptors (Lipinski definition) is 4. The Morgan fingerprint density at radius 1 is 1.29 bits per heavy atom. The van der Waals surface area contributed by atoms with E-state index in [0.717, 1.165) is 24.8 Å². The number of alkyl halides is 1. The van der Waals surface area contributed by atoms with E-state index < -0.39 is 9.84 Å². The zero-order chi connectivity index (χ0) is 15.5. The van der Waals surface area contributed by atoms with Crippen LogP contribution < -0.4 is 9.47 Å². The van der Waals surface area contributed by atoms with Crippen LogP contribution in [0.25, 0.3) is 0 Å². The maximum Gasteiger partial charge on any atom is 0.161 e. The monoisotopic (exact) mass is 332 g/mol. The highest BCUT2D eigenvalue weighted by Crippen LogP contribution is 2.33. The number of benzene rings is 1. The van der Waals surface area contributed by atoms with Crippen LogP contribution in [-0.2, 0) is 15.7 Å². The quantitative estimate of drug-likeness (QED) is 0.777. The van der Waals surface area contributed by atoms with Crippen LogP contribution in [0.15, 0.2) is 18.2 Å². The average Bonchev–Trinajstić information content (AvgIpc) is 2.47. The molecule has 118 valence electrons. The summed E-state index contributed by atoms with van der Waals surface area (Å²) in [6.45, 7) is 0. The molecule has 4 nitrogen and oxygen atoms in total. The van der Waals surface area contributed by atoms with E-state index in [1.54, 1.807) is 7.11 Å². The minimum Gasteiger partial charge on any atom is -0.493 e. The summed E-state index contributed by atoms with van der Waals surface area (Å²) in [6, 6.07) is 5.57. The molecule has 0 saturated heterocycles. The maximum atomic E-state index is 11.7. The molecule has 0 heterocycles. The van der Waals surface area contributed by atoms with Crippen molar-refractivity contribution in [1.29, 1.82) is 0 Å². The molecule has 0 aromatic heterocycles. The molecule has 2 atom stereocenters. The maximum absolute atomic E-state index is 11.7. The minimum absolute atomic E-state index is 0.0887. The standard InChI is InChI=1S/C15H21ClO4S/c1-19-15-8-11(10-16)6-7-14(15)20-12-4-3-5-13(9-12)21(2,17)18/h6-8,12-13H,3-5,9-10H2,1-2H3. The van der Waals surface area contributed by atoms with Crippen LogP contribution in [-0.4, -0.2) is 33.1 Å². The number of halogens is 1. The SMILES string of the molecule is COc1cc(CCl)ccc1OC1CCCC(S(C)(=O)=O)C1. The normalized spacial score (nSPS) is 22.8. The fourth-order valence-electron chi connectivity index (χ4n) is 2.67. The average molecular weight is 333 g/mol. The van der Waals surface area contributed by atoms with Crippen LogP contribution in [0.5, 0.6) is 11.5 Å². The molecule has 0 N–H and O–H groups in total. The van der Waals surface area contributed by atoms with Gasteiger partial charge in [0.25, 0.3) is 0 Å². The summed E-state index contributed by atoms with van der Waals surface area (Å²) in [5.41, 5.74) is 0.957. The van der Waals surface area contributed by atoms with E-state index >= 15 is 0 Å². The van der Waals surface area contributed by atoms with Gasteiger partial charge in [0.2, 0.25) is 0 Å². The molecule has 21 heavy (non-hydrogen) atoms. The molecule has 1 aromatic carbocycles. The largest absolute Gasteiger partial charge is 0.493 e. The van der Waals surface area contributed by atoms with E-state index in [1.807, 2.05) is 18.2 Å². The smallest absolute Gasteiger partial charge is 0.161 e. The minimum atomic E-state index is -3.01. The summed E-state index contributed by atoms with van der Waals surface area (Å²) >= 11 is 5.81. The van der Waals surface area contributed by atoms with Gasteiger partial charge in [0, 0.05) is 18.6 Å². The van der Waals surface area contributed by atoms with Crippen LogP contribution in [0.1, 0.15) is 31.2 Å². The van der Waals surface area contributed by atoms with Crippen LogP contribution in [0, 0.1) is 0 Å². The Morgan fingerprint density at radius 2 is 2.05 bits per heavy atom. The van der Waals surface area contributed by atoms with Gasteiger partial charge >= 0.3 is 0 Å². The molecule has 0 amide bonds. The van der Waals surface area contributed by atoms with E-state index in [4.69, 9.17) is 21.1 Å². The number of methoxy groups -OCH3 is 1. The van der Waals surface area contributed by atoms with E-state index in [1.165, 1.54) is 6.26 Å². The molecule has 2 unspecified atom stereocenters. The Labute approximate surface area is 131 Å². The molecule has 0 radical (unpaired) electrons. The third-order valence-electron chi connectivity index (χ3n) is 3.86. The predicted octanol–water partition coefficient (Wildman–Crippen LogP) is 3.17. The van der Waals surface area contributed by atoms with E-state index in [0.29, 0.717) is 23.8 Å². The van der Waals surface area contributed by atoms with Crippen LogP contribution >= 0.6 is 11.6 Å². The molecule has 0 aliphatic heterocycles. The Hall–Kier alpha value is -0.940. The number of ether oxygens (including phenoxy) is 2. The third-order valence-corrected chi connectivity index (χ3v) is 5.81. The lowest BCUT2D eigenvalue weighted by Gasteiger charge is -2.29. The van der Waals surface area contributed by atoms with Crippen molar-refractivity contribution in [3.63, 3.8) is 0 Å². The lowest BCUT2D eigenvalue weighted by Crippen LogP contribution is -2.33. The van der Waals surface area contributed by atoms with E-state index in [9.17, 15) is 8.42 Å². The van der Waals surface area contributed by atoms with Crippen molar-refractivity contribution >= 4 is 21.4 Å². The van der Waals surface area contributed by atoms with Crippen molar-refractivity contribution in [3.05, 3.63) is 23.8 Å². The fourth-order valence-corrected chi connectivity index (χ4v) is 4.00. The molecule has 6 heteroatoms. The van der Waals surface area contributed by atoms with E-state index in [2.05, 4.69) is 0 Å². The van der Waals surface area contributed by atoms with Gasteiger partial charge in [0.1, 0.15) is 15.9 Å². The van der Waals surface area contributed by atoms with Crippen LogP contribution in [0.3, 0.4) is 0 Å². The van der Waals surface area contributed by atoms with Gasteiger partial charge in [-0.25, -0.2) is 8.42 Å². The lowest BCUT2D eigenvalue weighted by atomic mass is 9.97. The van der Waals surface area contributed by atoms with Crippen LogP contribution in [0.4, 0.5) is 0 Å². The second-order valence-corrected chi connectivity index (χ2v) is 8.07. The zero-order valence-corrected chi connectivity index (χ0v) is 13.9. The molecule has 1 aliphatic rings. The van der Waals surface area contributed by atoms with Gasteiger partial charge in [-0.3, -0.25) is 0 Å². The highest BCUT2D eigenvalue weighted by Gasteiger charge is 2.30. The van der Waals surface area contributed by atoms with Crippen molar-refractivity contribution in [2.45, 2.75) is 42.9 Å². The fraction of sp³-hybridized carbons (Fsp3) is 0.600. The van der Waals surface area contributed by atoms with Crippen molar-refractivity contribution < 1.29 is 17.9 Å². The summed E-state index contributed by atoms with van der Waals surface area (Å²) in [6.07, 6.45) is 4.21. The van der Waals surface area contributed by atoms with Gasteiger partial charge in [0.15, 0.2) is 11.5 Å². The number of sulfone groups is 1. The van der Waals surface area contributed by atoms with Crippen molar-refractivity contribution in [2.75, 3.05) is 13.4 Å². The summed E-state index contributed by atoms with van der Waals surface area (Å²) in [5, 5.41) is -0.302. The van der Waals surface area contributed by atoms with Gasteiger partial charge in [-0.1, -0.05) is 6.07 Å². The topological polar surface area (TPSA) is 52.6 Å². The highest BCUT2D eigenvalue weighted by atomic mass is 35.5. The van der Waals surface area contributed by atoms with Gasteiger partial charge in [-0.05, 0) is 37.0 Å². The van der Waals surface area contributed by atoms with Crippen molar-refractivity contribution in [3.8, 4) is 11.5 Å². The number of hydrogen-bond donors (Lipinski definition) is 0. The molecule has 0 spiro atoms. The van der Waals surface area contributed by atoms with Crippen LogP contribution in [0.2, 0.25) is 0 Å². The summed E-state index contributed by atoms with van der Waals surface area (Å²) < 4.78 is 34.7. The zero-order valence-electron chi connectivity index (χ0n) is 12.3. The summed E-state index contributed by atoms with van der Waals surface area (Å²) in [4.78, 5) is 0. The van der Waals surface area contributed by atoms with Crippen molar-refractivity contribution in [1.82, 2.24) is 0 Å². The predicted molar refractivity (Wildman–Crippen MR) is 84.1 cm³/mol. The Morgan fingerprint density at radius 3 is 2.67 bits per heavy atom. The molecule has 1 saturated carbocycles. The third kappa shape index (κ3) is 4.27. The summed E-state index contributed by atoms with van der Waals surface area (Å²) in [7, 11) is -1.42. The first-order valence-corrected chi connectivity index (χ1v) is 9.51. The first-order chi connectivity index (χ1) is 9.94. The second kappa shape index (κ2) is 6.88. The molecular weight excluding hydrogens is 312 g/mol. The van der Waals surface area contributed by atoms with Crippen molar-refractivity contribution in [2.24, 2.45) is 0 Å². The Kier molecular flexibility index (Phi) is 5.38. The first-order valence-electron chi connectivity index (χ1n) is 7.02. The van der Waals surface area contributed by atoms with Gasteiger partial charge in [-0.2, -0.15) is 0 Å². The van der Waals surface area contributed by atoms with E-state index in [-0.39, 0.29) is 11.4 Å². The molecule has 1 aliphatic carbocycles. The molecule has 1 fully saturated rings. The first kappa shape index (κ1) is 16.4. The molecule has 0 bridgehead atoms. The highest BCUT2D eigenvalue weighted by molar-refractivity contribution is 7.91. The number of rotatable bonds is 5. The van der Waals surface area contributed by atoms with Gasteiger partial charge in [0.05, 0.1) is 12.4 Å². The molecule has 2 rings (SSSR count).